The van der Waals surface area contributed by atoms with Gasteiger partial charge in [0.2, 0.25) is 0 Å². The number of non-ortho nitro benzene ring substituents is 1. The predicted octanol–water partition coefficient (Wildman–Crippen LogP) is 3.45. The summed E-state index contributed by atoms with van der Waals surface area (Å²) in [5, 5.41) is 14.7. The van der Waals surface area contributed by atoms with E-state index in [1.807, 2.05) is 30.4 Å². The minimum atomic E-state index is -0.436. The zero-order valence-electron chi connectivity index (χ0n) is 11.6. The first-order chi connectivity index (χ1) is 10.7. The molecule has 0 saturated heterocycles. The summed E-state index contributed by atoms with van der Waals surface area (Å²) >= 11 is 0. The molecule has 2 aromatic rings. The molecule has 0 atom stereocenters. The Labute approximate surface area is 126 Å². The number of benzene rings is 2. The van der Waals surface area contributed by atoms with E-state index < -0.39 is 4.92 Å². The van der Waals surface area contributed by atoms with Gasteiger partial charge < -0.3 is 4.74 Å². The molecule has 0 unspecified atom stereocenters. The second-order valence-electron chi connectivity index (χ2n) is 4.65. The van der Waals surface area contributed by atoms with Gasteiger partial charge in [-0.05, 0) is 24.3 Å². The van der Waals surface area contributed by atoms with Crippen LogP contribution in [0.15, 0.2) is 53.6 Å². The lowest BCUT2D eigenvalue weighted by atomic mass is 10.1. The minimum absolute atomic E-state index is 0.0480. The van der Waals surface area contributed by atoms with Crippen molar-refractivity contribution in [3.05, 3.63) is 69.8 Å². The van der Waals surface area contributed by atoms with Gasteiger partial charge in [0.1, 0.15) is 12.4 Å². The minimum Gasteiger partial charge on any atom is -0.488 e. The van der Waals surface area contributed by atoms with E-state index in [-0.39, 0.29) is 5.69 Å². The first kappa shape index (κ1) is 13.8. The van der Waals surface area contributed by atoms with Crippen LogP contribution in [-0.2, 0) is 0 Å². The number of anilines is 1. The summed E-state index contributed by atoms with van der Waals surface area (Å²) < 4.78 is 5.62. The van der Waals surface area contributed by atoms with Crippen LogP contribution in [0.25, 0.3) is 6.08 Å². The first-order valence-electron chi connectivity index (χ1n) is 6.70. The Kier molecular flexibility index (Phi) is 3.82. The molecule has 0 radical (unpaired) electrons. The van der Waals surface area contributed by atoms with Gasteiger partial charge in [0.05, 0.1) is 16.8 Å². The number of nitro groups is 1. The van der Waals surface area contributed by atoms with E-state index >= 15 is 0 Å². The Morgan fingerprint density at radius 3 is 2.82 bits per heavy atom. The van der Waals surface area contributed by atoms with E-state index in [1.54, 1.807) is 18.3 Å². The highest BCUT2D eigenvalue weighted by Gasteiger charge is 2.09. The van der Waals surface area contributed by atoms with Gasteiger partial charge in [0.25, 0.3) is 5.69 Å². The van der Waals surface area contributed by atoms with Crippen molar-refractivity contribution in [3.63, 3.8) is 0 Å². The fourth-order valence-corrected chi connectivity index (χ4v) is 2.11. The summed E-state index contributed by atoms with van der Waals surface area (Å²) in [6, 6.07) is 11.9. The molecule has 22 heavy (non-hydrogen) atoms. The Morgan fingerprint density at radius 2 is 2.05 bits per heavy atom. The van der Waals surface area contributed by atoms with Crippen LogP contribution in [0.5, 0.6) is 5.75 Å². The fourth-order valence-electron chi connectivity index (χ4n) is 2.11. The number of nitrogens with one attached hydrogen (secondary N) is 1. The molecule has 1 heterocycles. The lowest BCUT2D eigenvalue weighted by molar-refractivity contribution is -0.384. The Hall–Kier alpha value is -3.15. The molecule has 6 nitrogen and oxygen atoms in total. The first-order valence-corrected chi connectivity index (χ1v) is 6.70. The van der Waals surface area contributed by atoms with Gasteiger partial charge in [-0.3, -0.25) is 15.5 Å². The predicted molar refractivity (Wildman–Crippen MR) is 85.3 cm³/mol. The molecule has 1 N–H and O–H groups in total. The van der Waals surface area contributed by atoms with Crippen LogP contribution in [0, 0.1) is 10.1 Å². The second kappa shape index (κ2) is 6.09. The molecule has 6 heteroatoms. The standard InChI is InChI=1S/C16H13N3O3/c20-19(21)15-8-6-14(7-9-15)18-17-11-13-4-1-3-12-5-2-10-22-16(12)13/h1-9,11,18H,10H2/b17-11+. The number of para-hydroxylation sites is 1. The van der Waals surface area contributed by atoms with Gasteiger partial charge in [-0.15, -0.1) is 0 Å². The maximum Gasteiger partial charge on any atom is 0.269 e. The van der Waals surface area contributed by atoms with Crippen molar-refractivity contribution >= 4 is 23.7 Å². The van der Waals surface area contributed by atoms with Crippen LogP contribution in [0.3, 0.4) is 0 Å². The third-order valence-corrected chi connectivity index (χ3v) is 3.17. The highest BCUT2D eigenvalue weighted by molar-refractivity contribution is 5.86. The van der Waals surface area contributed by atoms with E-state index in [0.717, 1.165) is 16.9 Å². The highest BCUT2D eigenvalue weighted by Crippen LogP contribution is 2.26. The molecule has 1 aliphatic rings. The molecule has 0 aliphatic carbocycles. The Morgan fingerprint density at radius 1 is 1.23 bits per heavy atom. The van der Waals surface area contributed by atoms with Gasteiger partial charge in [0.15, 0.2) is 0 Å². The highest BCUT2D eigenvalue weighted by atomic mass is 16.6. The zero-order valence-corrected chi connectivity index (χ0v) is 11.6. The van der Waals surface area contributed by atoms with E-state index in [9.17, 15) is 10.1 Å². The van der Waals surface area contributed by atoms with Crippen molar-refractivity contribution in [1.82, 2.24) is 0 Å². The molecule has 0 saturated carbocycles. The maximum absolute atomic E-state index is 10.6. The molecular weight excluding hydrogens is 282 g/mol. The van der Waals surface area contributed by atoms with Crippen LogP contribution in [0.2, 0.25) is 0 Å². The summed E-state index contributed by atoms with van der Waals surface area (Å²) in [5.74, 6) is 0.805. The van der Waals surface area contributed by atoms with Gasteiger partial charge in [-0.1, -0.05) is 18.2 Å². The molecule has 0 amide bonds. The molecule has 1 aliphatic heterocycles. The number of rotatable bonds is 4. The largest absolute Gasteiger partial charge is 0.488 e. The van der Waals surface area contributed by atoms with E-state index in [2.05, 4.69) is 10.5 Å². The number of nitrogens with zero attached hydrogens (tertiary/aromatic N) is 2. The summed E-state index contributed by atoms with van der Waals surface area (Å²) in [4.78, 5) is 10.1. The van der Waals surface area contributed by atoms with Crippen molar-refractivity contribution in [3.8, 4) is 5.75 Å². The zero-order chi connectivity index (χ0) is 15.4. The quantitative estimate of drug-likeness (QED) is 0.532. The molecule has 3 rings (SSSR count). The number of hydrogen-bond acceptors (Lipinski definition) is 5. The third-order valence-electron chi connectivity index (χ3n) is 3.17. The van der Waals surface area contributed by atoms with E-state index in [0.29, 0.717) is 12.3 Å². The average molecular weight is 295 g/mol. The number of ether oxygens (including phenoxy) is 1. The maximum atomic E-state index is 10.6. The fraction of sp³-hybridized carbons (Fsp3) is 0.0625. The second-order valence-corrected chi connectivity index (χ2v) is 4.65. The van der Waals surface area contributed by atoms with Gasteiger partial charge in [-0.25, -0.2) is 0 Å². The van der Waals surface area contributed by atoms with E-state index in [1.165, 1.54) is 12.1 Å². The number of fused-ring (bicyclic) bond motifs is 1. The molecule has 0 fully saturated rings. The number of hydrazone groups is 1. The van der Waals surface area contributed by atoms with Crippen molar-refractivity contribution in [2.75, 3.05) is 12.0 Å². The Balaban J connectivity index is 1.72. The van der Waals surface area contributed by atoms with Crippen LogP contribution < -0.4 is 10.2 Å². The third kappa shape index (κ3) is 2.95. The van der Waals surface area contributed by atoms with Crippen molar-refractivity contribution in [1.29, 1.82) is 0 Å². The van der Waals surface area contributed by atoms with Crippen molar-refractivity contribution in [2.24, 2.45) is 5.10 Å². The SMILES string of the molecule is O=[N+]([O-])c1ccc(N/N=C/c2cccc3c2OCC=C3)cc1. The monoisotopic (exact) mass is 295 g/mol. The van der Waals surface area contributed by atoms with E-state index in [4.69, 9.17) is 4.74 Å². The van der Waals surface area contributed by atoms with Crippen LogP contribution in [0.1, 0.15) is 11.1 Å². The summed E-state index contributed by atoms with van der Waals surface area (Å²) in [5.41, 5.74) is 5.45. The molecule has 0 bridgehead atoms. The van der Waals surface area contributed by atoms with Crippen molar-refractivity contribution in [2.45, 2.75) is 0 Å². The average Bonchev–Trinajstić information content (AvgIpc) is 2.55. The van der Waals surface area contributed by atoms with Crippen LogP contribution in [0.4, 0.5) is 11.4 Å². The molecule has 0 spiro atoms. The summed E-state index contributed by atoms with van der Waals surface area (Å²) in [6.07, 6.45) is 5.64. The van der Waals surface area contributed by atoms with Gasteiger partial charge in [0, 0.05) is 23.3 Å². The van der Waals surface area contributed by atoms with Crippen LogP contribution in [-0.4, -0.2) is 17.7 Å². The normalized spacial score (nSPS) is 12.7. The summed E-state index contributed by atoms with van der Waals surface area (Å²) in [7, 11) is 0. The van der Waals surface area contributed by atoms with Crippen LogP contribution >= 0.6 is 0 Å². The summed E-state index contributed by atoms with van der Waals surface area (Å²) in [6.45, 7) is 0.549. The Bertz CT molecular complexity index is 752. The molecule has 110 valence electrons. The van der Waals surface area contributed by atoms with Gasteiger partial charge in [-0.2, -0.15) is 5.10 Å². The molecular formula is C16H13N3O3. The molecule has 2 aromatic carbocycles. The lowest BCUT2D eigenvalue weighted by Gasteiger charge is -2.14. The number of nitro benzene ring substituents is 1. The van der Waals surface area contributed by atoms with Crippen molar-refractivity contribution < 1.29 is 9.66 Å². The smallest absolute Gasteiger partial charge is 0.269 e. The topological polar surface area (TPSA) is 76.8 Å². The van der Waals surface area contributed by atoms with Gasteiger partial charge >= 0.3 is 0 Å². The number of hydrogen-bond donors (Lipinski definition) is 1. The molecule has 0 aromatic heterocycles. The lowest BCUT2D eigenvalue weighted by Crippen LogP contribution is -2.03.